The summed E-state index contributed by atoms with van der Waals surface area (Å²) in [5.74, 6) is -0.368. The van der Waals surface area contributed by atoms with Crippen LogP contribution in [0.1, 0.15) is 21.7 Å². The maximum atomic E-state index is 12.1. The van der Waals surface area contributed by atoms with Crippen LogP contribution in [-0.4, -0.2) is 25.1 Å². The molecule has 100 valence electrons. The highest BCUT2D eigenvalue weighted by Gasteiger charge is 2.18. The van der Waals surface area contributed by atoms with Gasteiger partial charge in [0.2, 0.25) is 0 Å². The summed E-state index contributed by atoms with van der Waals surface area (Å²) >= 11 is 0. The van der Waals surface area contributed by atoms with Gasteiger partial charge in [0.15, 0.2) is 5.78 Å². The number of Topliss-reactive ketones (excluding diaryl/α,β-unsaturated/α-hetero) is 1. The van der Waals surface area contributed by atoms with Gasteiger partial charge in [0.1, 0.15) is 6.54 Å². The Kier molecular flexibility index (Phi) is 3.20. The molecule has 0 aliphatic heterocycles. The fourth-order valence-electron chi connectivity index (χ4n) is 1.91. The molecule has 0 atom stereocenters. The van der Waals surface area contributed by atoms with Gasteiger partial charge in [-0.2, -0.15) is 4.68 Å². The Balaban J connectivity index is 2.20. The van der Waals surface area contributed by atoms with Crippen LogP contribution in [0.3, 0.4) is 0 Å². The molecule has 0 aliphatic rings. The Hall–Kier alpha value is -2.44. The minimum absolute atomic E-state index is 0.00185. The second-order valence-electron chi connectivity index (χ2n) is 4.40. The van der Waals surface area contributed by atoms with Crippen LogP contribution in [0, 0.1) is 24.0 Å². The topological polar surface area (TPSA) is 83.0 Å². The van der Waals surface area contributed by atoms with Crippen molar-refractivity contribution in [3.63, 3.8) is 0 Å². The number of nitrogens with zero attached hydrogens (tertiary/aromatic N) is 4. The van der Waals surface area contributed by atoms with E-state index in [1.807, 2.05) is 31.5 Å². The van der Waals surface area contributed by atoms with E-state index in [1.165, 1.54) is 16.9 Å². The molecule has 0 spiro atoms. The molecule has 0 radical (unpaired) electrons. The second kappa shape index (κ2) is 4.68. The fraction of sp³-hybridized carbons (Fsp3) is 0.333. The van der Waals surface area contributed by atoms with Crippen molar-refractivity contribution in [2.24, 2.45) is 7.05 Å². The Bertz CT molecular complexity index is 654. The van der Waals surface area contributed by atoms with Gasteiger partial charge in [0.05, 0.1) is 17.4 Å². The molecule has 0 unspecified atom stereocenters. The highest BCUT2D eigenvalue weighted by atomic mass is 16.6. The number of carbonyl (C=O) groups is 1. The molecule has 0 fully saturated rings. The number of ketones is 1. The molecule has 7 heteroatoms. The monoisotopic (exact) mass is 262 g/mol. The van der Waals surface area contributed by atoms with Crippen LogP contribution in [0.15, 0.2) is 18.3 Å². The van der Waals surface area contributed by atoms with Crippen molar-refractivity contribution in [3.8, 4) is 0 Å². The first kappa shape index (κ1) is 13.0. The number of rotatable bonds is 4. The van der Waals surface area contributed by atoms with E-state index < -0.39 is 4.92 Å². The Morgan fingerprint density at radius 3 is 2.63 bits per heavy atom. The summed E-state index contributed by atoms with van der Waals surface area (Å²) in [6, 6.07) is 3.09. The number of aromatic nitrogens is 3. The molecule has 19 heavy (non-hydrogen) atoms. The van der Waals surface area contributed by atoms with E-state index in [0.717, 1.165) is 11.4 Å². The van der Waals surface area contributed by atoms with Gasteiger partial charge in [-0.3, -0.25) is 4.79 Å². The summed E-state index contributed by atoms with van der Waals surface area (Å²) in [6.07, 6.45) is 1.43. The van der Waals surface area contributed by atoms with Crippen molar-refractivity contribution in [3.05, 3.63) is 45.4 Å². The van der Waals surface area contributed by atoms with Gasteiger partial charge < -0.3 is 14.7 Å². The molecule has 0 aromatic carbocycles. The van der Waals surface area contributed by atoms with Crippen molar-refractivity contribution in [2.75, 3.05) is 0 Å². The van der Waals surface area contributed by atoms with E-state index in [2.05, 4.69) is 5.10 Å². The van der Waals surface area contributed by atoms with Crippen molar-refractivity contribution in [2.45, 2.75) is 20.4 Å². The predicted molar refractivity (Wildman–Crippen MR) is 68.1 cm³/mol. The molecular formula is C12H14N4O3. The van der Waals surface area contributed by atoms with E-state index in [-0.39, 0.29) is 18.1 Å². The first-order valence-electron chi connectivity index (χ1n) is 5.74. The molecule has 0 N–H and O–H groups in total. The van der Waals surface area contributed by atoms with Crippen LogP contribution in [0.2, 0.25) is 0 Å². The number of aryl methyl sites for hydroxylation is 1. The zero-order valence-corrected chi connectivity index (χ0v) is 11.0. The highest BCUT2D eigenvalue weighted by molar-refractivity contribution is 5.97. The summed E-state index contributed by atoms with van der Waals surface area (Å²) in [5, 5.41) is 14.2. The summed E-state index contributed by atoms with van der Waals surface area (Å²) in [6.45, 7) is 3.78. The van der Waals surface area contributed by atoms with Crippen molar-refractivity contribution < 1.29 is 9.72 Å². The van der Waals surface area contributed by atoms with E-state index in [1.54, 1.807) is 0 Å². The first-order valence-corrected chi connectivity index (χ1v) is 5.74. The second-order valence-corrected chi connectivity index (χ2v) is 4.40. The van der Waals surface area contributed by atoms with E-state index in [9.17, 15) is 14.9 Å². The zero-order valence-electron chi connectivity index (χ0n) is 11.0. The van der Waals surface area contributed by atoms with Crippen molar-refractivity contribution in [1.82, 2.24) is 14.3 Å². The van der Waals surface area contributed by atoms with Crippen LogP contribution in [-0.2, 0) is 13.6 Å². The Morgan fingerprint density at radius 2 is 2.16 bits per heavy atom. The van der Waals surface area contributed by atoms with E-state index >= 15 is 0 Å². The van der Waals surface area contributed by atoms with Gasteiger partial charge in [-0.15, -0.1) is 0 Å². The number of carbonyl (C=O) groups excluding carboxylic acids is 1. The van der Waals surface area contributed by atoms with Crippen LogP contribution in [0.25, 0.3) is 0 Å². The minimum Gasteiger partial charge on any atom is -0.358 e. The normalized spacial score (nSPS) is 10.7. The zero-order chi connectivity index (χ0) is 14.2. The van der Waals surface area contributed by atoms with E-state index in [0.29, 0.717) is 5.56 Å². The quantitative estimate of drug-likeness (QED) is 0.476. The summed E-state index contributed by atoms with van der Waals surface area (Å²) in [4.78, 5) is 22.1. The van der Waals surface area contributed by atoms with Gasteiger partial charge in [-0.05, 0) is 24.8 Å². The molecular weight excluding hydrogens is 248 g/mol. The molecule has 2 heterocycles. The molecule has 0 bridgehead atoms. The first-order chi connectivity index (χ1) is 8.90. The lowest BCUT2D eigenvalue weighted by atomic mass is 10.1. The third-order valence-electron chi connectivity index (χ3n) is 3.19. The number of nitro groups is 1. The molecule has 2 aromatic rings. The number of hydrogen-bond acceptors (Lipinski definition) is 4. The smallest absolute Gasteiger partial charge is 0.358 e. The molecule has 2 aromatic heterocycles. The lowest BCUT2D eigenvalue weighted by molar-refractivity contribution is -0.389. The molecule has 0 aliphatic carbocycles. The molecule has 0 saturated carbocycles. The van der Waals surface area contributed by atoms with Gasteiger partial charge in [-0.25, -0.2) is 0 Å². The highest BCUT2D eigenvalue weighted by Crippen LogP contribution is 2.15. The van der Waals surface area contributed by atoms with Gasteiger partial charge >= 0.3 is 5.82 Å². The largest absolute Gasteiger partial charge is 0.389 e. The van der Waals surface area contributed by atoms with Crippen molar-refractivity contribution in [1.29, 1.82) is 0 Å². The van der Waals surface area contributed by atoms with Crippen LogP contribution in [0.5, 0.6) is 0 Å². The Morgan fingerprint density at radius 1 is 1.47 bits per heavy atom. The average Bonchev–Trinajstić information content (AvgIpc) is 2.90. The van der Waals surface area contributed by atoms with Gasteiger partial charge in [-0.1, -0.05) is 0 Å². The standard InChI is InChI=1S/C12H14N4O3/c1-8-6-10(9(2)14(8)3)11(17)7-15-5-4-12(13-15)16(18)19/h4-6H,7H2,1-3H3. The molecule has 7 nitrogen and oxygen atoms in total. The minimum atomic E-state index is -0.584. The fourth-order valence-corrected chi connectivity index (χ4v) is 1.91. The SMILES string of the molecule is Cc1cc(C(=O)Cn2ccc([N+](=O)[O-])n2)c(C)n1C. The van der Waals surface area contributed by atoms with Gasteiger partial charge in [0, 0.05) is 24.0 Å². The third-order valence-corrected chi connectivity index (χ3v) is 3.19. The van der Waals surface area contributed by atoms with E-state index in [4.69, 9.17) is 0 Å². The lowest BCUT2D eigenvalue weighted by Crippen LogP contribution is -2.12. The summed E-state index contributed by atoms with van der Waals surface area (Å²) in [5.41, 5.74) is 2.50. The van der Waals surface area contributed by atoms with Crippen LogP contribution < -0.4 is 0 Å². The third kappa shape index (κ3) is 2.40. The van der Waals surface area contributed by atoms with Crippen LogP contribution in [0.4, 0.5) is 5.82 Å². The maximum Gasteiger partial charge on any atom is 0.389 e. The van der Waals surface area contributed by atoms with Crippen LogP contribution >= 0.6 is 0 Å². The maximum absolute atomic E-state index is 12.1. The Labute approximate surface area is 109 Å². The predicted octanol–water partition coefficient (Wildman–Crippen LogP) is 1.63. The molecule has 0 saturated heterocycles. The van der Waals surface area contributed by atoms with Crippen molar-refractivity contribution >= 4 is 11.6 Å². The average molecular weight is 262 g/mol. The summed E-state index contributed by atoms with van der Waals surface area (Å²) in [7, 11) is 1.89. The summed E-state index contributed by atoms with van der Waals surface area (Å²) < 4.78 is 3.21. The van der Waals surface area contributed by atoms with Gasteiger partial charge in [0.25, 0.3) is 0 Å². The lowest BCUT2D eigenvalue weighted by Gasteiger charge is -2.01. The number of hydrogen-bond donors (Lipinski definition) is 0. The molecule has 2 rings (SSSR count). The molecule has 0 amide bonds.